The van der Waals surface area contributed by atoms with Crippen molar-refractivity contribution in [3.8, 4) is 0 Å². The largest absolute Gasteiger partial charge is 0.338 e. The fourth-order valence-corrected chi connectivity index (χ4v) is 3.73. The highest BCUT2D eigenvalue weighted by atomic mass is 35.5. The maximum absolute atomic E-state index is 12.3. The van der Waals surface area contributed by atoms with Gasteiger partial charge in [0.2, 0.25) is 5.91 Å². The summed E-state index contributed by atoms with van der Waals surface area (Å²) in [5.41, 5.74) is 0. The second-order valence-corrected chi connectivity index (χ2v) is 7.10. The number of thiophene rings is 1. The summed E-state index contributed by atoms with van der Waals surface area (Å²) in [7, 11) is 0. The molecule has 1 amide bonds. The Hall–Kier alpha value is -0.580. The molecule has 1 atom stereocenters. The van der Waals surface area contributed by atoms with Crippen molar-refractivity contribution < 1.29 is 4.79 Å². The summed E-state index contributed by atoms with van der Waals surface area (Å²) in [6.45, 7) is 4.58. The Morgan fingerprint density at radius 3 is 2.95 bits per heavy atom. The summed E-state index contributed by atoms with van der Waals surface area (Å²) in [4.78, 5) is 15.4. The van der Waals surface area contributed by atoms with E-state index < -0.39 is 0 Å². The molecule has 0 radical (unpaired) electrons. The van der Waals surface area contributed by atoms with Crippen LogP contribution in [-0.4, -0.2) is 29.9 Å². The van der Waals surface area contributed by atoms with Crippen LogP contribution in [0.5, 0.6) is 0 Å². The van der Waals surface area contributed by atoms with Crippen molar-refractivity contribution in [3.63, 3.8) is 0 Å². The molecule has 0 spiro atoms. The molecule has 0 saturated carbocycles. The number of amides is 1. The van der Waals surface area contributed by atoms with Crippen molar-refractivity contribution in [3.05, 3.63) is 21.3 Å². The number of hydrogen-bond acceptors (Lipinski definition) is 3. The van der Waals surface area contributed by atoms with E-state index in [4.69, 9.17) is 11.6 Å². The van der Waals surface area contributed by atoms with Crippen LogP contribution in [0.25, 0.3) is 0 Å². The molecule has 1 aromatic heterocycles. The molecule has 2 rings (SSSR count). The first-order valence-electron chi connectivity index (χ1n) is 7.44. The number of nitrogens with one attached hydrogen (secondary N) is 1. The van der Waals surface area contributed by atoms with Crippen LogP contribution >= 0.6 is 22.9 Å². The first-order valence-corrected chi connectivity index (χ1v) is 8.64. The third-order valence-corrected chi connectivity index (χ3v) is 5.04. The molecule has 1 aliphatic rings. The van der Waals surface area contributed by atoms with Crippen LogP contribution in [-0.2, 0) is 11.3 Å². The molecular formula is C15H23ClN2OS. The maximum atomic E-state index is 12.3. The molecule has 3 nitrogen and oxygen atoms in total. The van der Waals surface area contributed by atoms with Crippen molar-refractivity contribution in [2.24, 2.45) is 0 Å². The van der Waals surface area contributed by atoms with E-state index >= 15 is 0 Å². The minimum Gasteiger partial charge on any atom is -0.338 e. The maximum Gasteiger partial charge on any atom is 0.222 e. The van der Waals surface area contributed by atoms with E-state index in [1.807, 2.05) is 24.0 Å². The fraction of sp³-hybridized carbons (Fsp3) is 0.667. The van der Waals surface area contributed by atoms with E-state index in [-0.39, 0.29) is 5.91 Å². The minimum absolute atomic E-state index is 0.254. The minimum atomic E-state index is 0.254. The van der Waals surface area contributed by atoms with Gasteiger partial charge in [-0.15, -0.1) is 11.3 Å². The number of nitrogens with zero attached hydrogens (tertiary/aromatic N) is 1. The van der Waals surface area contributed by atoms with Gasteiger partial charge in [-0.05, 0) is 44.9 Å². The molecule has 112 valence electrons. The molecule has 1 aromatic rings. The van der Waals surface area contributed by atoms with Crippen molar-refractivity contribution >= 4 is 28.8 Å². The van der Waals surface area contributed by atoms with Gasteiger partial charge in [0.1, 0.15) is 0 Å². The first kappa shape index (κ1) is 15.8. The molecular weight excluding hydrogens is 292 g/mol. The van der Waals surface area contributed by atoms with Gasteiger partial charge in [0.15, 0.2) is 0 Å². The molecule has 5 heteroatoms. The molecule has 0 aliphatic carbocycles. The topological polar surface area (TPSA) is 32.3 Å². The summed E-state index contributed by atoms with van der Waals surface area (Å²) in [6, 6.07) is 4.43. The van der Waals surface area contributed by atoms with Gasteiger partial charge < -0.3 is 10.2 Å². The number of carbonyl (C=O) groups is 1. The Morgan fingerprint density at radius 1 is 1.50 bits per heavy atom. The second-order valence-electron chi connectivity index (χ2n) is 5.30. The van der Waals surface area contributed by atoms with Gasteiger partial charge in [-0.2, -0.15) is 0 Å². The van der Waals surface area contributed by atoms with Gasteiger partial charge >= 0.3 is 0 Å². The normalized spacial score (nSPS) is 19.0. The monoisotopic (exact) mass is 314 g/mol. The Labute approximate surface area is 130 Å². The predicted octanol–water partition coefficient (Wildman–Crippen LogP) is 3.67. The van der Waals surface area contributed by atoms with E-state index in [1.165, 1.54) is 19.3 Å². The van der Waals surface area contributed by atoms with Gasteiger partial charge in [0, 0.05) is 23.9 Å². The van der Waals surface area contributed by atoms with E-state index in [2.05, 4.69) is 5.32 Å². The zero-order chi connectivity index (χ0) is 14.4. The number of halogens is 1. The van der Waals surface area contributed by atoms with Gasteiger partial charge in [-0.3, -0.25) is 4.79 Å². The molecule has 1 aliphatic heterocycles. The number of hydrogen-bond donors (Lipinski definition) is 1. The molecule has 1 unspecified atom stereocenters. The highest BCUT2D eigenvalue weighted by molar-refractivity contribution is 7.16. The Balaban J connectivity index is 1.79. The highest BCUT2D eigenvalue weighted by Crippen LogP contribution is 2.23. The molecule has 0 aromatic carbocycles. The molecule has 1 N–H and O–H groups in total. The lowest BCUT2D eigenvalue weighted by atomic mass is 10.0. The van der Waals surface area contributed by atoms with Crippen molar-refractivity contribution in [1.82, 2.24) is 10.2 Å². The summed E-state index contributed by atoms with van der Waals surface area (Å²) in [5, 5.41) is 3.50. The molecule has 1 fully saturated rings. The number of rotatable bonds is 6. The SMILES string of the molecule is CCN(Cc1ccc(Cl)s1)C(=O)CCC1CCCCN1. The average molecular weight is 315 g/mol. The van der Waals surface area contributed by atoms with Crippen LogP contribution in [0.15, 0.2) is 12.1 Å². The fourth-order valence-electron chi connectivity index (χ4n) is 2.63. The van der Waals surface area contributed by atoms with Crippen LogP contribution < -0.4 is 5.32 Å². The zero-order valence-electron chi connectivity index (χ0n) is 12.0. The second kappa shape index (κ2) is 8.01. The molecule has 0 bridgehead atoms. The summed E-state index contributed by atoms with van der Waals surface area (Å²) < 4.78 is 0.787. The van der Waals surface area contributed by atoms with Crippen molar-refractivity contribution in [1.29, 1.82) is 0 Å². The molecule has 2 heterocycles. The predicted molar refractivity (Wildman–Crippen MR) is 85.3 cm³/mol. The van der Waals surface area contributed by atoms with Crippen LogP contribution in [0.4, 0.5) is 0 Å². The number of piperidine rings is 1. The molecule has 1 saturated heterocycles. The summed E-state index contributed by atoms with van der Waals surface area (Å²) in [6.07, 6.45) is 5.37. The quantitative estimate of drug-likeness (QED) is 0.869. The van der Waals surface area contributed by atoms with E-state index in [1.54, 1.807) is 11.3 Å². The Morgan fingerprint density at radius 2 is 2.35 bits per heavy atom. The van der Waals surface area contributed by atoms with Gasteiger partial charge in [0.25, 0.3) is 0 Å². The van der Waals surface area contributed by atoms with Crippen LogP contribution in [0.2, 0.25) is 4.34 Å². The van der Waals surface area contributed by atoms with Crippen molar-refractivity contribution in [2.45, 2.75) is 51.6 Å². The average Bonchev–Trinajstić information content (AvgIpc) is 2.88. The summed E-state index contributed by atoms with van der Waals surface area (Å²) in [5.74, 6) is 0.254. The third-order valence-electron chi connectivity index (χ3n) is 3.83. The van der Waals surface area contributed by atoms with E-state index in [9.17, 15) is 4.79 Å². The number of carbonyl (C=O) groups excluding carboxylic acids is 1. The third kappa shape index (κ3) is 4.76. The van der Waals surface area contributed by atoms with Crippen molar-refractivity contribution in [2.75, 3.05) is 13.1 Å². The Bertz CT molecular complexity index is 429. The lowest BCUT2D eigenvalue weighted by molar-refractivity contribution is -0.131. The van der Waals surface area contributed by atoms with Gasteiger partial charge in [-0.1, -0.05) is 18.0 Å². The van der Waals surface area contributed by atoms with Crippen LogP contribution in [0.1, 0.15) is 43.9 Å². The zero-order valence-corrected chi connectivity index (χ0v) is 13.6. The standard InChI is InChI=1S/C15H23ClN2OS/c1-2-18(11-13-7-8-14(16)20-13)15(19)9-6-12-5-3-4-10-17-12/h7-8,12,17H,2-6,9-11H2,1H3. The lowest BCUT2D eigenvalue weighted by Gasteiger charge is -2.25. The Kier molecular flexibility index (Phi) is 6.33. The molecule has 20 heavy (non-hydrogen) atoms. The highest BCUT2D eigenvalue weighted by Gasteiger charge is 2.17. The smallest absolute Gasteiger partial charge is 0.222 e. The van der Waals surface area contributed by atoms with Gasteiger partial charge in [-0.25, -0.2) is 0 Å². The van der Waals surface area contributed by atoms with Crippen LogP contribution in [0, 0.1) is 0 Å². The first-order chi connectivity index (χ1) is 9.69. The van der Waals surface area contributed by atoms with E-state index in [0.717, 1.165) is 28.7 Å². The van der Waals surface area contributed by atoms with Gasteiger partial charge in [0.05, 0.1) is 10.9 Å². The lowest BCUT2D eigenvalue weighted by Crippen LogP contribution is -2.36. The van der Waals surface area contributed by atoms with Crippen LogP contribution in [0.3, 0.4) is 0 Å². The van der Waals surface area contributed by atoms with E-state index in [0.29, 0.717) is 19.0 Å². The summed E-state index contributed by atoms with van der Waals surface area (Å²) >= 11 is 7.49.